The van der Waals surface area contributed by atoms with E-state index in [0.717, 1.165) is 21.7 Å². The number of aromatic nitrogens is 2. The first-order chi connectivity index (χ1) is 8.81. The van der Waals surface area contributed by atoms with Crippen LogP contribution in [0.25, 0.3) is 21.7 Å². The molecule has 1 heterocycles. The number of nitrogens with one attached hydrogen (secondary N) is 1. The molecule has 0 radical (unpaired) electrons. The minimum Gasteiger partial charge on any atom is -0.461 e. The Kier molecular flexibility index (Phi) is 2.48. The molecule has 4 heteroatoms. The van der Waals surface area contributed by atoms with Crippen molar-refractivity contribution in [1.29, 1.82) is 0 Å². The van der Waals surface area contributed by atoms with Gasteiger partial charge in [-0.3, -0.25) is 5.10 Å². The van der Waals surface area contributed by atoms with Gasteiger partial charge in [-0.2, -0.15) is 5.10 Å². The normalized spacial score (nSPS) is 10.9. The van der Waals surface area contributed by atoms with Crippen LogP contribution in [0.1, 0.15) is 17.4 Å². The largest absolute Gasteiger partial charge is 0.461 e. The maximum atomic E-state index is 11.9. The third kappa shape index (κ3) is 1.54. The van der Waals surface area contributed by atoms with E-state index in [9.17, 15) is 4.79 Å². The van der Waals surface area contributed by atoms with Crippen LogP contribution in [0.4, 0.5) is 0 Å². The van der Waals surface area contributed by atoms with Crippen molar-refractivity contribution in [3.05, 3.63) is 42.1 Å². The zero-order chi connectivity index (χ0) is 12.5. The molecule has 4 nitrogen and oxygen atoms in total. The Labute approximate surface area is 104 Å². The maximum Gasteiger partial charge on any atom is 0.359 e. The van der Waals surface area contributed by atoms with Crippen LogP contribution in [0, 0.1) is 0 Å². The van der Waals surface area contributed by atoms with Crippen LogP contribution in [-0.2, 0) is 4.74 Å². The van der Waals surface area contributed by atoms with Crippen LogP contribution in [0.2, 0.25) is 0 Å². The van der Waals surface area contributed by atoms with E-state index in [1.807, 2.05) is 36.4 Å². The van der Waals surface area contributed by atoms with Gasteiger partial charge in [-0.15, -0.1) is 0 Å². The monoisotopic (exact) mass is 240 g/mol. The van der Waals surface area contributed by atoms with Crippen molar-refractivity contribution in [2.45, 2.75) is 6.92 Å². The highest BCUT2D eigenvalue weighted by Gasteiger charge is 2.16. The molecule has 90 valence electrons. The van der Waals surface area contributed by atoms with Gasteiger partial charge in [0.05, 0.1) is 12.1 Å². The molecule has 0 unspecified atom stereocenters. The Bertz CT molecular complexity index is 731. The molecule has 0 saturated carbocycles. The van der Waals surface area contributed by atoms with E-state index in [-0.39, 0.29) is 5.97 Å². The minimum atomic E-state index is -0.389. The first-order valence-corrected chi connectivity index (χ1v) is 5.84. The van der Waals surface area contributed by atoms with E-state index in [1.54, 1.807) is 6.92 Å². The summed E-state index contributed by atoms with van der Waals surface area (Å²) in [5.74, 6) is -0.389. The van der Waals surface area contributed by atoms with Gasteiger partial charge in [-0.1, -0.05) is 30.3 Å². The molecule has 3 aromatic rings. The lowest BCUT2D eigenvalue weighted by Crippen LogP contribution is -2.05. The molecule has 0 saturated heterocycles. The number of hydrogen-bond acceptors (Lipinski definition) is 3. The molecule has 0 aliphatic heterocycles. The van der Waals surface area contributed by atoms with E-state index < -0.39 is 0 Å². The lowest BCUT2D eigenvalue weighted by molar-refractivity contribution is 0.0522. The molecule has 18 heavy (non-hydrogen) atoms. The Morgan fingerprint density at radius 3 is 2.94 bits per heavy atom. The summed E-state index contributed by atoms with van der Waals surface area (Å²) in [6.07, 6.45) is 0. The maximum absolute atomic E-state index is 11.9. The number of ether oxygens (including phenoxy) is 1. The summed E-state index contributed by atoms with van der Waals surface area (Å²) in [6, 6.07) is 11.8. The van der Waals surface area contributed by atoms with Crippen molar-refractivity contribution in [1.82, 2.24) is 10.2 Å². The average Bonchev–Trinajstić information content (AvgIpc) is 2.83. The first kappa shape index (κ1) is 10.8. The van der Waals surface area contributed by atoms with E-state index in [1.165, 1.54) is 0 Å². The first-order valence-electron chi connectivity index (χ1n) is 5.84. The van der Waals surface area contributed by atoms with Crippen molar-refractivity contribution in [3.63, 3.8) is 0 Å². The molecule has 0 bridgehead atoms. The molecule has 2 aromatic carbocycles. The molecular formula is C14H12N2O2. The van der Waals surface area contributed by atoms with Crippen LogP contribution in [0.15, 0.2) is 36.4 Å². The number of aromatic amines is 1. The van der Waals surface area contributed by atoms with Crippen LogP contribution >= 0.6 is 0 Å². The third-order valence-electron chi connectivity index (χ3n) is 2.92. The lowest BCUT2D eigenvalue weighted by Gasteiger charge is -2.01. The number of carbonyl (C=O) groups excluding carboxylic acids is 1. The fourth-order valence-electron chi connectivity index (χ4n) is 2.14. The molecule has 0 spiro atoms. The van der Waals surface area contributed by atoms with Gasteiger partial charge in [0.15, 0.2) is 5.69 Å². The van der Waals surface area contributed by atoms with Crippen molar-refractivity contribution in [3.8, 4) is 0 Å². The van der Waals surface area contributed by atoms with E-state index in [4.69, 9.17) is 4.74 Å². The van der Waals surface area contributed by atoms with E-state index >= 15 is 0 Å². The highest BCUT2D eigenvalue weighted by atomic mass is 16.5. The number of hydrogen-bond donors (Lipinski definition) is 1. The highest BCUT2D eigenvalue weighted by molar-refractivity contribution is 6.14. The van der Waals surface area contributed by atoms with Gasteiger partial charge >= 0.3 is 5.97 Å². The van der Waals surface area contributed by atoms with Crippen LogP contribution in [-0.4, -0.2) is 22.8 Å². The number of fused-ring (bicyclic) bond motifs is 3. The van der Waals surface area contributed by atoms with Gasteiger partial charge in [-0.25, -0.2) is 4.79 Å². The average molecular weight is 240 g/mol. The molecule has 3 rings (SSSR count). The van der Waals surface area contributed by atoms with Gasteiger partial charge in [0.2, 0.25) is 0 Å². The summed E-state index contributed by atoms with van der Waals surface area (Å²) in [4.78, 5) is 11.9. The zero-order valence-electron chi connectivity index (χ0n) is 9.93. The molecule has 1 N–H and O–H groups in total. The van der Waals surface area contributed by atoms with Gasteiger partial charge in [-0.05, 0) is 23.8 Å². The van der Waals surface area contributed by atoms with Gasteiger partial charge in [0.1, 0.15) is 0 Å². The standard InChI is InChI=1S/C14H12N2O2/c1-2-18-14(17)13-12-10-6-4-3-5-9(10)7-8-11(12)15-16-13/h3-8H,2H2,1H3,(H,15,16). The molecule has 0 aliphatic carbocycles. The van der Waals surface area contributed by atoms with Crippen LogP contribution < -0.4 is 0 Å². The zero-order valence-corrected chi connectivity index (χ0v) is 9.93. The van der Waals surface area contributed by atoms with Crippen LogP contribution in [0.3, 0.4) is 0 Å². The summed E-state index contributed by atoms with van der Waals surface area (Å²) in [6.45, 7) is 2.13. The summed E-state index contributed by atoms with van der Waals surface area (Å²) >= 11 is 0. The molecular weight excluding hydrogens is 228 g/mol. The topological polar surface area (TPSA) is 55.0 Å². The lowest BCUT2D eigenvalue weighted by atomic mass is 10.0. The van der Waals surface area contributed by atoms with Crippen molar-refractivity contribution >= 4 is 27.6 Å². The van der Waals surface area contributed by atoms with Gasteiger partial charge < -0.3 is 4.74 Å². The second-order valence-corrected chi connectivity index (χ2v) is 4.00. The molecule has 0 amide bonds. The predicted octanol–water partition coefficient (Wildman–Crippen LogP) is 2.89. The second kappa shape index (κ2) is 4.14. The number of carbonyl (C=O) groups is 1. The quantitative estimate of drug-likeness (QED) is 0.701. The predicted molar refractivity (Wildman–Crippen MR) is 69.6 cm³/mol. The molecule has 1 aromatic heterocycles. The molecule has 0 atom stereocenters. The Balaban J connectivity index is 2.33. The third-order valence-corrected chi connectivity index (χ3v) is 2.92. The van der Waals surface area contributed by atoms with Crippen molar-refractivity contribution in [2.24, 2.45) is 0 Å². The smallest absolute Gasteiger partial charge is 0.359 e. The number of benzene rings is 2. The van der Waals surface area contributed by atoms with Crippen molar-refractivity contribution in [2.75, 3.05) is 6.61 Å². The fraction of sp³-hybridized carbons (Fsp3) is 0.143. The SMILES string of the molecule is CCOC(=O)c1n[nH]c2ccc3ccccc3c12. The van der Waals surface area contributed by atoms with Gasteiger partial charge in [0, 0.05) is 5.39 Å². The molecule has 0 aliphatic rings. The van der Waals surface area contributed by atoms with E-state index in [0.29, 0.717) is 12.3 Å². The van der Waals surface area contributed by atoms with E-state index in [2.05, 4.69) is 10.2 Å². The number of esters is 1. The Morgan fingerprint density at radius 2 is 2.11 bits per heavy atom. The summed E-state index contributed by atoms with van der Waals surface area (Å²) < 4.78 is 5.02. The summed E-state index contributed by atoms with van der Waals surface area (Å²) in [5.41, 5.74) is 1.19. The number of H-pyrrole nitrogens is 1. The number of rotatable bonds is 2. The van der Waals surface area contributed by atoms with Gasteiger partial charge in [0.25, 0.3) is 0 Å². The number of nitrogens with zero attached hydrogens (tertiary/aromatic N) is 1. The Hall–Kier alpha value is -2.36. The fourth-order valence-corrected chi connectivity index (χ4v) is 2.14. The summed E-state index contributed by atoms with van der Waals surface area (Å²) in [7, 11) is 0. The highest BCUT2D eigenvalue weighted by Crippen LogP contribution is 2.26. The minimum absolute atomic E-state index is 0.345. The second-order valence-electron chi connectivity index (χ2n) is 4.00. The van der Waals surface area contributed by atoms with Crippen molar-refractivity contribution < 1.29 is 9.53 Å². The summed E-state index contributed by atoms with van der Waals surface area (Å²) in [5, 5.41) is 9.85. The molecule has 0 fully saturated rings. The van der Waals surface area contributed by atoms with Crippen LogP contribution in [0.5, 0.6) is 0 Å². The Morgan fingerprint density at radius 1 is 1.28 bits per heavy atom.